The number of aryl methyl sites for hydroxylation is 1. The lowest BCUT2D eigenvalue weighted by atomic mass is 9.80. The number of carbonyl (C=O) groups is 1. The predicted octanol–water partition coefficient (Wildman–Crippen LogP) is 9.26. The van der Waals surface area contributed by atoms with Crippen LogP contribution in [-0.4, -0.2) is 18.9 Å². The van der Waals surface area contributed by atoms with Gasteiger partial charge < -0.3 is 5.32 Å². The SMILES string of the molecule is CC.CC(=O)c1ccc(C)c(/C(C)=C(\C)CCCC2CCNCC2)c1.N#Cc1ccc(C2CCC2)cc1.[HH]. The molecule has 1 heterocycles. The Labute approximate surface area is 227 Å². The van der Waals surface area contributed by atoms with E-state index in [1.165, 1.54) is 92.3 Å². The van der Waals surface area contributed by atoms with Crippen LogP contribution in [0.1, 0.15) is 126 Å². The summed E-state index contributed by atoms with van der Waals surface area (Å²) in [6.07, 6.45) is 10.5. The number of nitriles is 1. The van der Waals surface area contributed by atoms with Crippen LogP contribution in [0.25, 0.3) is 5.57 Å². The molecule has 4 rings (SSSR count). The lowest BCUT2D eigenvalue weighted by Crippen LogP contribution is -2.27. The molecule has 1 aliphatic heterocycles. The normalized spacial score (nSPS) is 16.1. The van der Waals surface area contributed by atoms with E-state index in [0.717, 1.165) is 23.0 Å². The molecule has 2 aliphatic rings. The fourth-order valence-electron chi connectivity index (χ4n) is 5.06. The standard InChI is InChI=1S/C21H31NO.C11H11N.C2H6.H2/c1-15(6-5-7-19-10-12-22-13-11-19)17(3)21-14-20(18(4)23)9-8-16(21)2;12-8-9-4-6-11(7-5-9)10-2-1-3-10;1-2;/h8-9,14,19,22H,5-7,10-13H2,1-4H3;4-7,10H,1-3H2;1-2H3;1H/b17-15+;;;. The number of ketones is 1. The number of piperidine rings is 1. The van der Waals surface area contributed by atoms with E-state index in [1.54, 1.807) is 6.92 Å². The third-order valence-electron chi connectivity index (χ3n) is 7.93. The molecule has 3 nitrogen and oxygen atoms in total. The zero-order chi connectivity index (χ0) is 27.2. The highest BCUT2D eigenvalue weighted by atomic mass is 16.1. The van der Waals surface area contributed by atoms with E-state index < -0.39 is 0 Å². The first-order valence-electron chi connectivity index (χ1n) is 14.4. The van der Waals surface area contributed by atoms with Crippen LogP contribution in [0, 0.1) is 24.2 Å². The van der Waals surface area contributed by atoms with Crippen LogP contribution in [-0.2, 0) is 0 Å². The van der Waals surface area contributed by atoms with E-state index in [4.69, 9.17) is 5.26 Å². The maximum atomic E-state index is 11.6. The summed E-state index contributed by atoms with van der Waals surface area (Å²) in [5.74, 6) is 1.83. The van der Waals surface area contributed by atoms with Crippen LogP contribution in [0.15, 0.2) is 48.0 Å². The zero-order valence-electron chi connectivity index (χ0n) is 24.1. The number of allylic oxidation sites excluding steroid dienone is 2. The van der Waals surface area contributed by atoms with Gasteiger partial charge in [-0.3, -0.25) is 4.79 Å². The van der Waals surface area contributed by atoms with Gasteiger partial charge in [0.2, 0.25) is 0 Å². The van der Waals surface area contributed by atoms with E-state index in [2.05, 4.69) is 56.4 Å². The molecular formula is C34H50N2O. The first-order valence-corrected chi connectivity index (χ1v) is 14.4. The Hall–Kier alpha value is -2.70. The predicted molar refractivity (Wildman–Crippen MR) is 160 cm³/mol. The summed E-state index contributed by atoms with van der Waals surface area (Å²) in [7, 11) is 0. The summed E-state index contributed by atoms with van der Waals surface area (Å²) in [5, 5.41) is 12.0. The van der Waals surface area contributed by atoms with Crippen molar-refractivity contribution in [2.75, 3.05) is 13.1 Å². The summed E-state index contributed by atoms with van der Waals surface area (Å²) < 4.78 is 0. The Morgan fingerprint density at radius 3 is 2.19 bits per heavy atom. The largest absolute Gasteiger partial charge is 0.317 e. The van der Waals surface area contributed by atoms with E-state index >= 15 is 0 Å². The minimum atomic E-state index is 0. The van der Waals surface area contributed by atoms with Crippen molar-refractivity contribution in [1.82, 2.24) is 5.32 Å². The minimum Gasteiger partial charge on any atom is -0.317 e. The Balaban J connectivity index is 0.000000404. The molecule has 2 aromatic rings. The van der Waals surface area contributed by atoms with Crippen molar-refractivity contribution in [2.24, 2.45) is 5.92 Å². The molecule has 0 bridgehead atoms. The Morgan fingerprint density at radius 2 is 1.65 bits per heavy atom. The van der Waals surface area contributed by atoms with Gasteiger partial charge in [-0.25, -0.2) is 0 Å². The van der Waals surface area contributed by atoms with Crippen molar-refractivity contribution in [3.8, 4) is 6.07 Å². The first kappa shape index (κ1) is 30.5. The summed E-state index contributed by atoms with van der Waals surface area (Å²) in [4.78, 5) is 11.6. The minimum absolute atomic E-state index is 0. The molecule has 3 heteroatoms. The summed E-state index contributed by atoms with van der Waals surface area (Å²) >= 11 is 0. The van der Waals surface area contributed by atoms with Gasteiger partial charge in [0.05, 0.1) is 11.6 Å². The van der Waals surface area contributed by atoms with Crippen LogP contribution in [0.4, 0.5) is 0 Å². The van der Waals surface area contributed by atoms with Gasteiger partial charge in [-0.05, 0) is 132 Å². The molecule has 0 unspecified atom stereocenters. The fourth-order valence-corrected chi connectivity index (χ4v) is 5.06. The highest BCUT2D eigenvalue weighted by Gasteiger charge is 2.18. The second-order valence-electron chi connectivity index (χ2n) is 10.4. The Bertz CT molecular complexity index is 1050. The summed E-state index contributed by atoms with van der Waals surface area (Å²) in [5.41, 5.74) is 8.27. The molecule has 1 saturated carbocycles. The number of nitrogens with one attached hydrogen (secondary N) is 1. The molecule has 0 radical (unpaired) electrons. The number of Topliss-reactive ketones (excluding diaryl/α,β-unsaturated/α-hetero) is 1. The highest BCUT2D eigenvalue weighted by Crippen LogP contribution is 2.36. The molecular weight excluding hydrogens is 452 g/mol. The van der Waals surface area contributed by atoms with Gasteiger partial charge in [-0.1, -0.05) is 56.5 Å². The van der Waals surface area contributed by atoms with E-state index in [0.29, 0.717) is 0 Å². The van der Waals surface area contributed by atoms with Crippen LogP contribution in [0.5, 0.6) is 0 Å². The van der Waals surface area contributed by atoms with Crippen molar-refractivity contribution in [3.05, 3.63) is 75.9 Å². The number of hydrogen-bond donors (Lipinski definition) is 1. The van der Waals surface area contributed by atoms with Crippen molar-refractivity contribution in [1.29, 1.82) is 5.26 Å². The average molecular weight is 503 g/mol. The number of benzene rings is 2. The number of hydrogen-bond acceptors (Lipinski definition) is 3. The molecule has 0 atom stereocenters. The van der Waals surface area contributed by atoms with Crippen LogP contribution in [0.2, 0.25) is 0 Å². The lowest BCUT2D eigenvalue weighted by molar-refractivity contribution is 0.101. The average Bonchev–Trinajstić information content (AvgIpc) is 2.90. The van der Waals surface area contributed by atoms with Gasteiger partial charge in [0.25, 0.3) is 0 Å². The maximum Gasteiger partial charge on any atom is 0.159 e. The first-order chi connectivity index (χ1) is 17.9. The Kier molecular flexibility index (Phi) is 13.4. The van der Waals surface area contributed by atoms with Crippen LogP contribution >= 0.6 is 0 Å². The molecule has 1 aliphatic carbocycles. The van der Waals surface area contributed by atoms with Crippen molar-refractivity contribution in [2.45, 2.75) is 98.8 Å². The van der Waals surface area contributed by atoms with Crippen molar-refractivity contribution >= 4 is 11.4 Å². The molecule has 0 amide bonds. The van der Waals surface area contributed by atoms with Crippen LogP contribution < -0.4 is 5.32 Å². The molecule has 0 spiro atoms. The van der Waals surface area contributed by atoms with Gasteiger partial charge in [0.1, 0.15) is 0 Å². The molecule has 2 fully saturated rings. The number of carbonyl (C=O) groups excluding carboxylic acids is 1. The van der Waals surface area contributed by atoms with Crippen LogP contribution in [0.3, 0.4) is 0 Å². The lowest BCUT2D eigenvalue weighted by Gasteiger charge is -2.25. The number of rotatable bonds is 7. The van der Waals surface area contributed by atoms with E-state index in [9.17, 15) is 4.79 Å². The van der Waals surface area contributed by atoms with Gasteiger partial charge in [0.15, 0.2) is 5.78 Å². The van der Waals surface area contributed by atoms with Crippen molar-refractivity contribution < 1.29 is 6.22 Å². The maximum absolute atomic E-state index is 11.6. The Morgan fingerprint density at radius 1 is 1.00 bits per heavy atom. The fraction of sp³-hybridized carbons (Fsp3) is 0.529. The van der Waals surface area contributed by atoms with E-state index in [1.807, 2.05) is 32.0 Å². The van der Waals surface area contributed by atoms with Gasteiger partial charge in [-0.15, -0.1) is 0 Å². The van der Waals surface area contributed by atoms with E-state index in [-0.39, 0.29) is 7.21 Å². The number of nitrogens with zero attached hydrogens (tertiary/aromatic N) is 1. The quantitative estimate of drug-likeness (QED) is 0.384. The molecule has 37 heavy (non-hydrogen) atoms. The van der Waals surface area contributed by atoms with Gasteiger partial charge in [0, 0.05) is 6.99 Å². The topological polar surface area (TPSA) is 52.9 Å². The second kappa shape index (κ2) is 16.2. The second-order valence-corrected chi connectivity index (χ2v) is 10.4. The molecule has 1 N–H and O–H groups in total. The summed E-state index contributed by atoms with van der Waals surface area (Å²) in [6.45, 7) is 14.6. The van der Waals surface area contributed by atoms with Gasteiger partial charge >= 0.3 is 0 Å². The summed E-state index contributed by atoms with van der Waals surface area (Å²) in [6, 6.07) is 16.2. The van der Waals surface area contributed by atoms with Gasteiger partial charge in [-0.2, -0.15) is 5.26 Å². The van der Waals surface area contributed by atoms with Crippen molar-refractivity contribution in [3.63, 3.8) is 0 Å². The third kappa shape index (κ3) is 9.60. The molecule has 0 aromatic heterocycles. The molecule has 202 valence electrons. The molecule has 1 saturated heterocycles. The smallest absolute Gasteiger partial charge is 0.159 e. The monoisotopic (exact) mass is 502 g/mol. The zero-order valence-corrected chi connectivity index (χ0v) is 24.1. The third-order valence-corrected chi connectivity index (χ3v) is 7.93. The molecule has 2 aromatic carbocycles. The highest BCUT2D eigenvalue weighted by molar-refractivity contribution is 5.95.